The van der Waals surface area contributed by atoms with Crippen molar-refractivity contribution in [2.45, 2.75) is 31.7 Å². The molecule has 5 heteroatoms. The van der Waals surface area contributed by atoms with Crippen molar-refractivity contribution in [3.8, 4) is 0 Å². The third-order valence-electron chi connectivity index (χ3n) is 5.44. The van der Waals surface area contributed by atoms with Crippen LogP contribution in [0.15, 0.2) is 49.1 Å². The molecular weight excluding hydrogens is 322 g/mol. The van der Waals surface area contributed by atoms with E-state index in [-0.39, 0.29) is 5.41 Å². The molecule has 1 aliphatic rings. The third kappa shape index (κ3) is 3.19. The molecule has 0 N–H and O–H groups in total. The highest BCUT2D eigenvalue weighted by Gasteiger charge is 2.35. The third-order valence-corrected chi connectivity index (χ3v) is 5.44. The first-order chi connectivity index (χ1) is 12.5. The van der Waals surface area contributed by atoms with Gasteiger partial charge in [0.25, 0.3) is 0 Å². The van der Waals surface area contributed by atoms with E-state index in [9.17, 15) is 0 Å². The number of anilines is 1. The quantitative estimate of drug-likeness (QED) is 0.724. The average Bonchev–Trinajstić information content (AvgIpc) is 3.10. The highest BCUT2D eigenvalue weighted by molar-refractivity contribution is 5.69. The van der Waals surface area contributed by atoms with Gasteiger partial charge in [0, 0.05) is 57.4 Å². The van der Waals surface area contributed by atoms with Gasteiger partial charge < -0.3 is 9.30 Å². The maximum Gasteiger partial charge on any atom is 0.152 e. The summed E-state index contributed by atoms with van der Waals surface area (Å²) in [6.07, 6.45) is 10.5. The highest BCUT2D eigenvalue weighted by atomic mass is 15.2. The number of aromatic nitrogens is 3. The van der Waals surface area contributed by atoms with Gasteiger partial charge in [0.05, 0.1) is 11.2 Å². The first-order valence-electron chi connectivity index (χ1n) is 9.32. The van der Waals surface area contributed by atoms with E-state index in [1.165, 1.54) is 24.1 Å². The molecule has 0 aromatic carbocycles. The minimum atomic E-state index is 0.0592. The summed E-state index contributed by atoms with van der Waals surface area (Å²) < 4.78 is 2.21. The topological polar surface area (TPSA) is 36.7 Å². The van der Waals surface area contributed by atoms with E-state index in [2.05, 4.69) is 70.8 Å². The molecule has 136 valence electrons. The van der Waals surface area contributed by atoms with Crippen LogP contribution in [0.5, 0.6) is 0 Å². The Labute approximate surface area is 155 Å². The summed E-state index contributed by atoms with van der Waals surface area (Å²) in [5.74, 6) is 1.04. The summed E-state index contributed by atoms with van der Waals surface area (Å²) in [6.45, 7) is 5.47. The number of hydrogen-bond donors (Lipinski definition) is 0. The number of likely N-dealkylation sites (tertiary alicyclic amines) is 1. The van der Waals surface area contributed by atoms with Crippen LogP contribution in [-0.4, -0.2) is 46.5 Å². The summed E-state index contributed by atoms with van der Waals surface area (Å²) in [7, 11) is 4.13. The number of pyridine rings is 1. The molecule has 1 fully saturated rings. The average molecular weight is 349 g/mol. The molecule has 4 rings (SSSR count). The zero-order chi connectivity index (χ0) is 18.1. The van der Waals surface area contributed by atoms with Crippen LogP contribution in [0.25, 0.3) is 5.52 Å². The first kappa shape index (κ1) is 17.0. The number of rotatable bonds is 4. The summed E-state index contributed by atoms with van der Waals surface area (Å²) in [6, 6.07) is 8.40. The van der Waals surface area contributed by atoms with Crippen molar-refractivity contribution in [2.24, 2.45) is 0 Å². The molecule has 3 aromatic rings. The SMILES string of the molecule is CN(C)c1nc([C@]2(C)CCCN(Cc3cccnc3)C2)cn2cccc12. The van der Waals surface area contributed by atoms with Crippen LogP contribution in [0.1, 0.15) is 31.0 Å². The second-order valence-corrected chi connectivity index (χ2v) is 7.88. The predicted molar refractivity (Wildman–Crippen MR) is 106 cm³/mol. The van der Waals surface area contributed by atoms with E-state index >= 15 is 0 Å². The van der Waals surface area contributed by atoms with Gasteiger partial charge >= 0.3 is 0 Å². The largest absolute Gasteiger partial charge is 0.361 e. The van der Waals surface area contributed by atoms with Crippen molar-refractivity contribution in [3.63, 3.8) is 0 Å². The Morgan fingerprint density at radius 3 is 2.88 bits per heavy atom. The van der Waals surface area contributed by atoms with Crippen molar-refractivity contribution < 1.29 is 0 Å². The minimum absolute atomic E-state index is 0.0592. The van der Waals surface area contributed by atoms with Gasteiger partial charge in [-0.2, -0.15) is 0 Å². The molecule has 0 unspecified atom stereocenters. The Bertz CT molecular complexity index is 886. The molecule has 0 saturated carbocycles. The molecule has 1 atom stereocenters. The minimum Gasteiger partial charge on any atom is -0.361 e. The van der Waals surface area contributed by atoms with Crippen LogP contribution < -0.4 is 4.90 Å². The zero-order valence-corrected chi connectivity index (χ0v) is 15.9. The Kier molecular flexibility index (Phi) is 4.41. The predicted octanol–water partition coefficient (Wildman–Crippen LogP) is 3.35. The molecule has 26 heavy (non-hydrogen) atoms. The smallest absolute Gasteiger partial charge is 0.152 e. The Morgan fingerprint density at radius 2 is 2.12 bits per heavy atom. The number of piperidine rings is 1. The molecule has 4 heterocycles. The van der Waals surface area contributed by atoms with Crippen molar-refractivity contribution in [1.29, 1.82) is 0 Å². The van der Waals surface area contributed by atoms with E-state index < -0.39 is 0 Å². The summed E-state index contributed by atoms with van der Waals surface area (Å²) in [5, 5.41) is 0. The zero-order valence-electron chi connectivity index (χ0n) is 15.9. The lowest BCUT2D eigenvalue weighted by Crippen LogP contribution is -2.44. The van der Waals surface area contributed by atoms with Crippen LogP contribution in [0.3, 0.4) is 0 Å². The van der Waals surface area contributed by atoms with Gasteiger partial charge in [0.1, 0.15) is 0 Å². The summed E-state index contributed by atoms with van der Waals surface area (Å²) in [4.78, 5) is 14.0. The second-order valence-electron chi connectivity index (χ2n) is 7.88. The lowest BCUT2D eigenvalue weighted by atomic mass is 9.79. The van der Waals surface area contributed by atoms with Gasteiger partial charge in [0.2, 0.25) is 0 Å². The molecular formula is C21H27N5. The molecule has 1 aliphatic heterocycles. The van der Waals surface area contributed by atoms with Crippen LogP contribution in [0, 0.1) is 0 Å². The van der Waals surface area contributed by atoms with Crippen molar-refractivity contribution in [2.75, 3.05) is 32.1 Å². The van der Waals surface area contributed by atoms with Crippen LogP contribution in [0.4, 0.5) is 5.82 Å². The summed E-state index contributed by atoms with van der Waals surface area (Å²) >= 11 is 0. The van der Waals surface area contributed by atoms with E-state index in [0.29, 0.717) is 0 Å². The lowest BCUT2D eigenvalue weighted by molar-refractivity contribution is 0.147. The van der Waals surface area contributed by atoms with E-state index in [1.807, 2.05) is 18.5 Å². The molecule has 0 aliphatic carbocycles. The lowest BCUT2D eigenvalue weighted by Gasteiger charge is -2.40. The maximum atomic E-state index is 5.08. The fourth-order valence-electron chi connectivity index (χ4n) is 4.09. The standard InChI is InChI=1S/C21H27N5/c1-21(9-6-11-25(16-21)14-17-7-4-10-22-13-17)19-15-26-12-5-8-18(26)20(23-19)24(2)3/h4-5,7-8,10,12-13,15H,6,9,11,14,16H2,1-3H3/t21-/m1/s1. The van der Waals surface area contributed by atoms with Gasteiger partial charge in [-0.05, 0) is 43.1 Å². The Hall–Kier alpha value is -2.40. The normalized spacial score (nSPS) is 21.2. The summed E-state index contributed by atoms with van der Waals surface area (Å²) in [5.41, 5.74) is 3.68. The van der Waals surface area contributed by atoms with E-state index in [0.717, 1.165) is 31.0 Å². The molecule has 3 aromatic heterocycles. The molecule has 0 spiro atoms. The monoisotopic (exact) mass is 349 g/mol. The molecule has 0 amide bonds. The second kappa shape index (κ2) is 6.72. The van der Waals surface area contributed by atoms with Crippen molar-refractivity contribution >= 4 is 11.3 Å². The fraction of sp³-hybridized carbons (Fsp3) is 0.429. The van der Waals surface area contributed by atoms with E-state index in [4.69, 9.17) is 4.98 Å². The van der Waals surface area contributed by atoms with Gasteiger partial charge in [-0.1, -0.05) is 13.0 Å². The van der Waals surface area contributed by atoms with Gasteiger partial charge in [-0.3, -0.25) is 9.88 Å². The van der Waals surface area contributed by atoms with E-state index in [1.54, 1.807) is 0 Å². The highest BCUT2D eigenvalue weighted by Crippen LogP contribution is 2.35. The van der Waals surface area contributed by atoms with Gasteiger partial charge in [0.15, 0.2) is 5.82 Å². The number of nitrogens with zero attached hydrogens (tertiary/aromatic N) is 5. The first-order valence-corrected chi connectivity index (χ1v) is 9.32. The van der Waals surface area contributed by atoms with Crippen LogP contribution >= 0.6 is 0 Å². The van der Waals surface area contributed by atoms with Crippen LogP contribution in [-0.2, 0) is 12.0 Å². The van der Waals surface area contributed by atoms with Crippen molar-refractivity contribution in [3.05, 3.63) is 60.3 Å². The molecule has 0 bridgehead atoms. The van der Waals surface area contributed by atoms with Gasteiger partial charge in [-0.15, -0.1) is 0 Å². The molecule has 5 nitrogen and oxygen atoms in total. The van der Waals surface area contributed by atoms with Gasteiger partial charge in [-0.25, -0.2) is 4.98 Å². The molecule has 0 radical (unpaired) electrons. The van der Waals surface area contributed by atoms with Crippen LogP contribution in [0.2, 0.25) is 0 Å². The fourth-order valence-corrected chi connectivity index (χ4v) is 4.09. The number of fused-ring (bicyclic) bond motifs is 1. The Balaban J connectivity index is 1.64. The maximum absolute atomic E-state index is 5.08. The van der Waals surface area contributed by atoms with Crippen molar-refractivity contribution in [1.82, 2.24) is 19.3 Å². The number of hydrogen-bond acceptors (Lipinski definition) is 4. The molecule has 1 saturated heterocycles. The Morgan fingerprint density at radius 1 is 1.23 bits per heavy atom.